The van der Waals surface area contributed by atoms with E-state index in [4.69, 9.17) is 5.11 Å². The summed E-state index contributed by atoms with van der Waals surface area (Å²) in [6.45, 7) is -0.227. The van der Waals surface area contributed by atoms with Crippen molar-refractivity contribution in [1.82, 2.24) is 0 Å². The number of halogens is 1. The third-order valence-electron chi connectivity index (χ3n) is 1.77. The monoisotopic (exact) mass is 176 g/mol. The first-order valence-electron chi connectivity index (χ1n) is 4.55. The normalized spacial score (nSPS) is 10.1. The van der Waals surface area contributed by atoms with E-state index in [0.717, 1.165) is 32.1 Å². The predicted octanol–water partition coefficient (Wildman–Crippen LogP) is 2.77. The Balaban J connectivity index is 2.86. The Kier molecular flexibility index (Phi) is 8.07. The highest BCUT2D eigenvalue weighted by atomic mass is 19.1. The van der Waals surface area contributed by atoms with Gasteiger partial charge in [0.15, 0.2) is 0 Å². The van der Waals surface area contributed by atoms with Crippen LogP contribution in [0.2, 0.25) is 0 Å². The molecule has 3 heteroatoms. The number of alkyl halides is 1. The molecule has 0 aromatic heterocycles. The maximum atomic E-state index is 11.6. The van der Waals surface area contributed by atoms with Crippen molar-refractivity contribution < 1.29 is 14.3 Å². The summed E-state index contributed by atoms with van der Waals surface area (Å²) in [5.74, 6) is -0.723. The van der Waals surface area contributed by atoms with Crippen molar-refractivity contribution in [3.63, 3.8) is 0 Å². The molecular weight excluding hydrogens is 159 g/mol. The van der Waals surface area contributed by atoms with Gasteiger partial charge in [-0.05, 0) is 12.8 Å². The van der Waals surface area contributed by atoms with E-state index in [2.05, 4.69) is 0 Å². The molecule has 0 radical (unpaired) electrons. The van der Waals surface area contributed by atoms with E-state index in [-0.39, 0.29) is 13.1 Å². The summed E-state index contributed by atoms with van der Waals surface area (Å²) in [5, 5.41) is 8.30. The van der Waals surface area contributed by atoms with E-state index >= 15 is 0 Å². The fourth-order valence-electron chi connectivity index (χ4n) is 1.08. The maximum Gasteiger partial charge on any atom is 0.303 e. The van der Waals surface area contributed by atoms with Crippen LogP contribution in [0.15, 0.2) is 0 Å². The first-order valence-corrected chi connectivity index (χ1v) is 4.55. The van der Waals surface area contributed by atoms with Gasteiger partial charge in [-0.25, -0.2) is 0 Å². The van der Waals surface area contributed by atoms with Crippen molar-refractivity contribution in [2.45, 2.75) is 44.9 Å². The molecule has 0 aromatic rings. The van der Waals surface area contributed by atoms with Crippen LogP contribution in [0.4, 0.5) is 4.39 Å². The summed E-state index contributed by atoms with van der Waals surface area (Å²) < 4.78 is 11.6. The van der Waals surface area contributed by atoms with E-state index in [9.17, 15) is 9.18 Å². The average Bonchev–Trinajstić information content (AvgIpc) is 2.02. The predicted molar refractivity (Wildman–Crippen MR) is 45.9 cm³/mol. The van der Waals surface area contributed by atoms with Gasteiger partial charge in [-0.2, -0.15) is 0 Å². The Hall–Kier alpha value is -0.600. The Bertz CT molecular complexity index is 115. The Labute approximate surface area is 72.8 Å². The molecule has 0 amide bonds. The number of carbonyl (C=O) groups is 1. The molecule has 72 valence electrons. The number of hydrogen-bond acceptors (Lipinski definition) is 1. The topological polar surface area (TPSA) is 37.3 Å². The standard InChI is InChI=1S/C9H17FO2/c10-8-6-4-2-1-3-5-7-9(11)12/h1-8H2,(H,11,12). The maximum absolute atomic E-state index is 11.6. The molecule has 0 bridgehead atoms. The fraction of sp³-hybridized carbons (Fsp3) is 0.889. The molecule has 2 nitrogen and oxygen atoms in total. The molecule has 0 aliphatic heterocycles. The van der Waals surface area contributed by atoms with Crippen molar-refractivity contribution in [2.75, 3.05) is 6.67 Å². The smallest absolute Gasteiger partial charge is 0.303 e. The lowest BCUT2D eigenvalue weighted by Gasteiger charge is -1.97. The molecule has 0 saturated carbocycles. The Morgan fingerprint density at radius 3 is 2.00 bits per heavy atom. The quantitative estimate of drug-likeness (QED) is 0.577. The van der Waals surface area contributed by atoms with Crippen LogP contribution in [-0.2, 0) is 4.79 Å². The number of unbranched alkanes of at least 4 members (excludes halogenated alkanes) is 5. The van der Waals surface area contributed by atoms with Gasteiger partial charge in [0.1, 0.15) is 0 Å². The zero-order valence-corrected chi connectivity index (χ0v) is 7.39. The van der Waals surface area contributed by atoms with Crippen LogP contribution in [0.3, 0.4) is 0 Å². The molecule has 0 aliphatic rings. The first kappa shape index (κ1) is 11.4. The summed E-state index contributed by atoms with van der Waals surface area (Å²) in [4.78, 5) is 10.1. The van der Waals surface area contributed by atoms with E-state index < -0.39 is 5.97 Å². The highest BCUT2D eigenvalue weighted by molar-refractivity contribution is 5.66. The number of carboxylic acids is 1. The molecule has 1 N–H and O–H groups in total. The van der Waals surface area contributed by atoms with Gasteiger partial charge in [0, 0.05) is 6.42 Å². The average molecular weight is 176 g/mol. The summed E-state index contributed by atoms with van der Waals surface area (Å²) in [6, 6.07) is 0. The molecule has 0 saturated heterocycles. The molecular formula is C9H17FO2. The minimum atomic E-state index is -0.723. The van der Waals surface area contributed by atoms with Crippen LogP contribution >= 0.6 is 0 Å². The van der Waals surface area contributed by atoms with Gasteiger partial charge in [0.25, 0.3) is 0 Å². The largest absolute Gasteiger partial charge is 0.481 e. The molecule has 12 heavy (non-hydrogen) atoms. The molecule has 0 fully saturated rings. The number of carboxylic acid groups (broad SMARTS) is 1. The minimum absolute atomic E-state index is 0.227. The third kappa shape index (κ3) is 9.40. The van der Waals surface area contributed by atoms with Crippen LogP contribution in [0.25, 0.3) is 0 Å². The van der Waals surface area contributed by atoms with Crippen molar-refractivity contribution in [3.05, 3.63) is 0 Å². The third-order valence-corrected chi connectivity index (χ3v) is 1.77. The van der Waals surface area contributed by atoms with Crippen LogP contribution in [-0.4, -0.2) is 17.8 Å². The van der Waals surface area contributed by atoms with Crippen LogP contribution in [0.5, 0.6) is 0 Å². The number of rotatable bonds is 8. The van der Waals surface area contributed by atoms with E-state index in [0.29, 0.717) is 6.42 Å². The van der Waals surface area contributed by atoms with Gasteiger partial charge < -0.3 is 5.11 Å². The summed E-state index contributed by atoms with van der Waals surface area (Å²) in [5.41, 5.74) is 0. The number of aliphatic carboxylic acids is 1. The molecule has 0 aromatic carbocycles. The van der Waals surface area contributed by atoms with Crippen LogP contribution in [0, 0.1) is 0 Å². The second-order valence-corrected chi connectivity index (χ2v) is 2.95. The highest BCUT2D eigenvalue weighted by Crippen LogP contribution is 2.06. The van der Waals surface area contributed by atoms with Crippen molar-refractivity contribution in [3.8, 4) is 0 Å². The van der Waals surface area contributed by atoms with E-state index in [1.165, 1.54) is 0 Å². The van der Waals surface area contributed by atoms with Gasteiger partial charge in [0.2, 0.25) is 0 Å². The number of hydrogen-bond donors (Lipinski definition) is 1. The van der Waals surface area contributed by atoms with Crippen molar-refractivity contribution in [1.29, 1.82) is 0 Å². The second-order valence-electron chi connectivity index (χ2n) is 2.95. The van der Waals surface area contributed by atoms with Crippen molar-refractivity contribution in [2.24, 2.45) is 0 Å². The molecule has 0 spiro atoms. The first-order chi connectivity index (χ1) is 5.77. The molecule has 0 atom stereocenters. The summed E-state index contributed by atoms with van der Waals surface area (Å²) in [6.07, 6.45) is 5.63. The molecule has 0 unspecified atom stereocenters. The zero-order chi connectivity index (χ0) is 9.23. The second kappa shape index (κ2) is 8.50. The molecule has 0 rings (SSSR count). The SMILES string of the molecule is O=C(O)CCCCCCCCF. The van der Waals surface area contributed by atoms with Gasteiger partial charge in [-0.15, -0.1) is 0 Å². The lowest BCUT2D eigenvalue weighted by atomic mass is 10.1. The summed E-state index contributed by atoms with van der Waals surface area (Å²) in [7, 11) is 0. The van der Waals surface area contributed by atoms with Crippen molar-refractivity contribution >= 4 is 5.97 Å². The zero-order valence-electron chi connectivity index (χ0n) is 7.39. The Morgan fingerprint density at radius 1 is 1.00 bits per heavy atom. The molecule has 0 heterocycles. The Morgan fingerprint density at radius 2 is 1.50 bits per heavy atom. The fourth-order valence-corrected chi connectivity index (χ4v) is 1.08. The van der Waals surface area contributed by atoms with Gasteiger partial charge in [0.05, 0.1) is 6.67 Å². The van der Waals surface area contributed by atoms with Crippen LogP contribution < -0.4 is 0 Å². The lowest BCUT2D eigenvalue weighted by Crippen LogP contribution is -1.93. The van der Waals surface area contributed by atoms with E-state index in [1.54, 1.807) is 0 Å². The van der Waals surface area contributed by atoms with Gasteiger partial charge >= 0.3 is 5.97 Å². The van der Waals surface area contributed by atoms with Crippen LogP contribution in [0.1, 0.15) is 44.9 Å². The minimum Gasteiger partial charge on any atom is -0.481 e. The summed E-state index contributed by atoms with van der Waals surface area (Å²) >= 11 is 0. The lowest BCUT2D eigenvalue weighted by molar-refractivity contribution is -0.137. The highest BCUT2D eigenvalue weighted by Gasteiger charge is 1.95. The molecule has 0 aliphatic carbocycles. The van der Waals surface area contributed by atoms with Gasteiger partial charge in [-0.1, -0.05) is 25.7 Å². The van der Waals surface area contributed by atoms with Gasteiger partial charge in [-0.3, -0.25) is 9.18 Å². The van der Waals surface area contributed by atoms with E-state index in [1.807, 2.05) is 0 Å².